The van der Waals surface area contributed by atoms with Crippen LogP contribution < -0.4 is 14.2 Å². The molecule has 0 amide bonds. The number of fused-ring (bicyclic) bond motifs is 1. The SMILES string of the molecule is CC(C)COc1nc(-c2ccc3c(c2)OCO3)n(C(=O)c2cccc(C(F)(F)F)c2)n1. The highest BCUT2D eigenvalue weighted by molar-refractivity contribution is 5.97. The van der Waals surface area contributed by atoms with Crippen LogP contribution in [0.2, 0.25) is 0 Å². The zero-order chi connectivity index (χ0) is 22.2. The van der Waals surface area contributed by atoms with Gasteiger partial charge in [-0.2, -0.15) is 22.8 Å². The summed E-state index contributed by atoms with van der Waals surface area (Å²) in [7, 11) is 0. The van der Waals surface area contributed by atoms with Gasteiger partial charge in [0.05, 0.1) is 12.2 Å². The van der Waals surface area contributed by atoms with E-state index < -0.39 is 17.6 Å². The van der Waals surface area contributed by atoms with E-state index in [1.165, 1.54) is 12.1 Å². The van der Waals surface area contributed by atoms with Crippen LogP contribution in [0.1, 0.15) is 29.8 Å². The first-order chi connectivity index (χ1) is 14.7. The summed E-state index contributed by atoms with van der Waals surface area (Å²) in [6, 6.07) is 9.01. The van der Waals surface area contributed by atoms with Crippen LogP contribution >= 0.6 is 0 Å². The molecule has 1 aliphatic rings. The summed E-state index contributed by atoms with van der Waals surface area (Å²) in [6.45, 7) is 4.24. The lowest BCUT2D eigenvalue weighted by molar-refractivity contribution is -0.137. The number of hydrogen-bond donors (Lipinski definition) is 0. The maximum Gasteiger partial charge on any atom is 0.416 e. The molecule has 0 spiro atoms. The Bertz CT molecular complexity index is 1130. The average Bonchev–Trinajstić information content (AvgIpc) is 3.37. The molecule has 0 atom stereocenters. The minimum absolute atomic E-state index is 0.0540. The quantitative estimate of drug-likeness (QED) is 0.593. The van der Waals surface area contributed by atoms with Gasteiger partial charge < -0.3 is 14.2 Å². The maximum absolute atomic E-state index is 13.1. The van der Waals surface area contributed by atoms with Gasteiger partial charge in [-0.05, 0) is 42.3 Å². The number of hydrogen-bond acceptors (Lipinski definition) is 6. The molecule has 4 rings (SSSR count). The number of carbonyl (C=O) groups is 1. The molecule has 0 radical (unpaired) electrons. The number of alkyl halides is 3. The second kappa shape index (κ2) is 7.93. The van der Waals surface area contributed by atoms with E-state index in [1.807, 2.05) is 13.8 Å². The van der Waals surface area contributed by atoms with Gasteiger partial charge in [-0.15, -0.1) is 5.10 Å². The van der Waals surface area contributed by atoms with Crippen molar-refractivity contribution in [3.8, 4) is 28.9 Å². The number of carbonyl (C=O) groups excluding carboxylic acids is 1. The van der Waals surface area contributed by atoms with E-state index in [1.54, 1.807) is 18.2 Å². The van der Waals surface area contributed by atoms with Gasteiger partial charge in [-0.1, -0.05) is 19.9 Å². The van der Waals surface area contributed by atoms with Crippen molar-refractivity contribution in [2.45, 2.75) is 20.0 Å². The predicted molar refractivity (Wildman–Crippen MR) is 103 cm³/mol. The molecule has 0 unspecified atom stereocenters. The fourth-order valence-electron chi connectivity index (χ4n) is 2.91. The highest BCUT2D eigenvalue weighted by Gasteiger charge is 2.31. The Morgan fingerprint density at radius 2 is 1.94 bits per heavy atom. The molecule has 1 aliphatic heterocycles. The fraction of sp³-hybridized carbons (Fsp3) is 0.286. The van der Waals surface area contributed by atoms with Crippen molar-refractivity contribution in [3.05, 3.63) is 53.6 Å². The predicted octanol–water partition coefficient (Wildman–Crippen LogP) is 4.42. The van der Waals surface area contributed by atoms with E-state index >= 15 is 0 Å². The van der Waals surface area contributed by atoms with Crippen LogP contribution in [0.15, 0.2) is 42.5 Å². The molecule has 0 aliphatic carbocycles. The molecular formula is C21H18F3N3O4. The van der Waals surface area contributed by atoms with Crippen LogP contribution in [0.4, 0.5) is 13.2 Å². The Labute approximate surface area is 175 Å². The zero-order valence-electron chi connectivity index (χ0n) is 16.6. The lowest BCUT2D eigenvalue weighted by Crippen LogP contribution is -2.17. The largest absolute Gasteiger partial charge is 0.462 e. The zero-order valence-corrected chi connectivity index (χ0v) is 16.6. The van der Waals surface area contributed by atoms with Gasteiger partial charge in [0, 0.05) is 11.1 Å². The van der Waals surface area contributed by atoms with E-state index in [0.29, 0.717) is 23.7 Å². The first kappa shape index (κ1) is 20.7. The van der Waals surface area contributed by atoms with Crippen molar-refractivity contribution in [2.24, 2.45) is 5.92 Å². The summed E-state index contributed by atoms with van der Waals surface area (Å²) in [4.78, 5) is 17.4. The van der Waals surface area contributed by atoms with Gasteiger partial charge in [0.15, 0.2) is 17.3 Å². The Hall–Kier alpha value is -3.56. The molecular weight excluding hydrogens is 415 g/mol. The third-order valence-corrected chi connectivity index (χ3v) is 4.39. The number of benzene rings is 2. The summed E-state index contributed by atoms with van der Waals surface area (Å²) < 4.78 is 56.4. The standard InChI is InChI=1S/C21H18F3N3O4/c1-12(2)10-29-20-25-18(13-6-7-16-17(9-13)31-11-30-16)27(26-20)19(28)14-4-3-5-15(8-14)21(22,23)24/h3-9,12H,10-11H2,1-2H3. The number of halogens is 3. The summed E-state index contributed by atoms with van der Waals surface area (Å²) in [5.74, 6) is 0.517. The molecule has 2 heterocycles. The average molecular weight is 433 g/mol. The fourth-order valence-corrected chi connectivity index (χ4v) is 2.91. The minimum atomic E-state index is -4.58. The van der Waals surface area contributed by atoms with Crippen LogP contribution in [0.3, 0.4) is 0 Å². The molecule has 7 nitrogen and oxygen atoms in total. The minimum Gasteiger partial charge on any atom is -0.462 e. The van der Waals surface area contributed by atoms with Crippen molar-refractivity contribution in [1.82, 2.24) is 14.8 Å². The van der Waals surface area contributed by atoms with Crippen LogP contribution in [0.5, 0.6) is 17.5 Å². The molecule has 2 aromatic carbocycles. The normalized spacial score (nSPS) is 13.0. The van der Waals surface area contributed by atoms with E-state index in [2.05, 4.69) is 10.1 Å². The van der Waals surface area contributed by atoms with E-state index in [9.17, 15) is 18.0 Å². The van der Waals surface area contributed by atoms with E-state index in [0.717, 1.165) is 16.8 Å². The van der Waals surface area contributed by atoms with E-state index in [4.69, 9.17) is 14.2 Å². The summed E-state index contributed by atoms with van der Waals surface area (Å²) in [5.41, 5.74) is -0.645. The Morgan fingerprint density at radius 3 is 2.68 bits per heavy atom. The Balaban J connectivity index is 1.76. The van der Waals surface area contributed by atoms with Gasteiger partial charge in [0.2, 0.25) is 6.79 Å². The molecule has 3 aromatic rings. The van der Waals surface area contributed by atoms with Gasteiger partial charge in [0.25, 0.3) is 5.91 Å². The van der Waals surface area contributed by atoms with E-state index in [-0.39, 0.29) is 30.1 Å². The Kier molecular flexibility index (Phi) is 5.30. The van der Waals surface area contributed by atoms with Crippen molar-refractivity contribution >= 4 is 5.91 Å². The number of aromatic nitrogens is 3. The molecule has 0 N–H and O–H groups in total. The molecule has 0 saturated carbocycles. The van der Waals surface area contributed by atoms with Crippen LogP contribution in [-0.2, 0) is 6.18 Å². The number of nitrogens with zero attached hydrogens (tertiary/aromatic N) is 3. The lowest BCUT2D eigenvalue weighted by Gasteiger charge is -2.09. The van der Waals surface area contributed by atoms with Crippen LogP contribution in [0.25, 0.3) is 11.4 Å². The van der Waals surface area contributed by atoms with Gasteiger partial charge in [0.1, 0.15) is 0 Å². The first-order valence-corrected chi connectivity index (χ1v) is 9.44. The van der Waals surface area contributed by atoms with Crippen molar-refractivity contribution in [1.29, 1.82) is 0 Å². The number of ether oxygens (including phenoxy) is 3. The molecule has 0 bridgehead atoms. The van der Waals surface area contributed by atoms with Gasteiger partial charge in [-0.3, -0.25) is 4.79 Å². The third kappa shape index (κ3) is 4.32. The number of rotatable bonds is 5. The highest BCUT2D eigenvalue weighted by Crippen LogP contribution is 2.36. The van der Waals surface area contributed by atoms with Gasteiger partial charge >= 0.3 is 12.2 Å². The second-order valence-corrected chi connectivity index (χ2v) is 7.29. The Morgan fingerprint density at radius 1 is 1.16 bits per heavy atom. The molecule has 0 fully saturated rings. The maximum atomic E-state index is 13.1. The van der Waals surface area contributed by atoms with Crippen molar-refractivity contribution < 1.29 is 32.2 Å². The topological polar surface area (TPSA) is 75.5 Å². The summed E-state index contributed by atoms with van der Waals surface area (Å²) >= 11 is 0. The molecule has 0 saturated heterocycles. The lowest BCUT2D eigenvalue weighted by atomic mass is 10.1. The third-order valence-electron chi connectivity index (χ3n) is 4.39. The first-order valence-electron chi connectivity index (χ1n) is 9.44. The van der Waals surface area contributed by atoms with Crippen molar-refractivity contribution in [2.75, 3.05) is 13.4 Å². The monoisotopic (exact) mass is 433 g/mol. The smallest absolute Gasteiger partial charge is 0.416 e. The van der Waals surface area contributed by atoms with Crippen molar-refractivity contribution in [3.63, 3.8) is 0 Å². The van der Waals surface area contributed by atoms with Crippen LogP contribution in [-0.4, -0.2) is 34.1 Å². The second-order valence-electron chi connectivity index (χ2n) is 7.29. The van der Waals surface area contributed by atoms with Gasteiger partial charge in [-0.25, -0.2) is 0 Å². The molecule has 162 valence electrons. The molecule has 10 heteroatoms. The molecule has 31 heavy (non-hydrogen) atoms. The van der Waals surface area contributed by atoms with Crippen LogP contribution in [0, 0.1) is 5.92 Å². The summed E-state index contributed by atoms with van der Waals surface area (Å²) in [6.07, 6.45) is -4.58. The summed E-state index contributed by atoms with van der Waals surface area (Å²) in [5, 5.41) is 4.10. The highest BCUT2D eigenvalue weighted by atomic mass is 19.4. The molecule has 1 aromatic heterocycles.